The van der Waals surface area contributed by atoms with Gasteiger partial charge in [-0.25, -0.2) is 0 Å². The number of rotatable bonds is 5. The zero-order valence-corrected chi connectivity index (χ0v) is 13.6. The third kappa shape index (κ3) is 4.64. The number of nitrogens with one attached hydrogen (secondary N) is 2. The molecular weight excluding hydrogens is 341 g/mol. The summed E-state index contributed by atoms with van der Waals surface area (Å²) in [7, 11) is 0. The lowest BCUT2D eigenvalue weighted by molar-refractivity contribution is -0.137. The zero-order valence-electron chi connectivity index (χ0n) is 12.9. The molecule has 0 aliphatic heterocycles. The summed E-state index contributed by atoms with van der Waals surface area (Å²) >= 11 is 5.83. The molecule has 0 heterocycles. The molecule has 0 fully saturated rings. The second kappa shape index (κ2) is 7.57. The van der Waals surface area contributed by atoms with E-state index in [1.165, 1.54) is 6.07 Å². The molecule has 0 aliphatic rings. The molecule has 0 aromatic heterocycles. The number of anilines is 2. The third-order valence-corrected chi connectivity index (χ3v) is 3.72. The van der Waals surface area contributed by atoms with Crippen molar-refractivity contribution in [1.82, 2.24) is 0 Å². The van der Waals surface area contributed by atoms with Crippen LogP contribution in [0.4, 0.5) is 24.5 Å². The van der Waals surface area contributed by atoms with E-state index in [2.05, 4.69) is 10.6 Å². The van der Waals surface area contributed by atoms with Crippen molar-refractivity contribution >= 4 is 28.9 Å². The van der Waals surface area contributed by atoms with Gasteiger partial charge in [-0.1, -0.05) is 36.7 Å². The molecule has 0 atom stereocenters. The Hall–Kier alpha value is -2.21. The van der Waals surface area contributed by atoms with Gasteiger partial charge in [-0.15, -0.1) is 0 Å². The minimum atomic E-state index is -4.45. The van der Waals surface area contributed by atoms with Gasteiger partial charge in [-0.3, -0.25) is 4.79 Å². The van der Waals surface area contributed by atoms with Gasteiger partial charge in [0.2, 0.25) is 5.91 Å². The summed E-state index contributed by atoms with van der Waals surface area (Å²) in [4.78, 5) is 12.0. The SMILES string of the molecule is CCc1ccccc1NC(=O)CNc1ccc(C(F)(F)F)cc1Cl. The first-order valence-corrected chi connectivity index (χ1v) is 7.67. The Morgan fingerprint density at radius 3 is 2.46 bits per heavy atom. The Morgan fingerprint density at radius 2 is 1.83 bits per heavy atom. The van der Waals surface area contributed by atoms with Crippen LogP contribution in [0.5, 0.6) is 0 Å². The van der Waals surface area contributed by atoms with Gasteiger partial charge in [-0.05, 0) is 36.2 Å². The van der Waals surface area contributed by atoms with Gasteiger partial charge in [0.05, 0.1) is 22.8 Å². The first-order chi connectivity index (χ1) is 11.3. The molecule has 0 aliphatic carbocycles. The molecule has 2 aromatic rings. The Balaban J connectivity index is 1.99. The van der Waals surface area contributed by atoms with E-state index >= 15 is 0 Å². The van der Waals surface area contributed by atoms with Crippen molar-refractivity contribution in [2.75, 3.05) is 17.2 Å². The van der Waals surface area contributed by atoms with Crippen molar-refractivity contribution < 1.29 is 18.0 Å². The smallest absolute Gasteiger partial charge is 0.375 e. The monoisotopic (exact) mass is 356 g/mol. The average molecular weight is 357 g/mol. The van der Waals surface area contributed by atoms with Crippen molar-refractivity contribution in [1.29, 1.82) is 0 Å². The number of amides is 1. The molecule has 0 spiro atoms. The van der Waals surface area contributed by atoms with Gasteiger partial charge in [-0.2, -0.15) is 13.2 Å². The molecule has 7 heteroatoms. The standard InChI is InChI=1S/C17H16ClF3N2O/c1-2-11-5-3-4-6-14(11)23-16(24)10-22-15-8-7-12(9-13(15)18)17(19,20)21/h3-9,22H,2,10H2,1H3,(H,23,24). The van der Waals surface area contributed by atoms with E-state index in [0.717, 1.165) is 24.1 Å². The molecule has 0 radical (unpaired) electrons. The molecule has 1 amide bonds. The minimum absolute atomic E-state index is 0.0911. The highest BCUT2D eigenvalue weighted by molar-refractivity contribution is 6.33. The predicted octanol–water partition coefficient (Wildman–Crippen LogP) is 4.97. The number of aryl methyl sites for hydroxylation is 1. The second-order valence-corrected chi connectivity index (χ2v) is 5.51. The maximum absolute atomic E-state index is 12.6. The fraction of sp³-hybridized carbons (Fsp3) is 0.235. The maximum atomic E-state index is 12.6. The van der Waals surface area contributed by atoms with Crippen molar-refractivity contribution in [3.05, 3.63) is 58.6 Å². The number of hydrogen-bond donors (Lipinski definition) is 2. The summed E-state index contributed by atoms with van der Waals surface area (Å²) in [5.41, 5.74) is 1.15. The van der Waals surface area contributed by atoms with Crippen LogP contribution in [-0.2, 0) is 17.4 Å². The van der Waals surface area contributed by atoms with Crippen molar-refractivity contribution in [2.45, 2.75) is 19.5 Å². The van der Waals surface area contributed by atoms with E-state index in [0.29, 0.717) is 5.69 Å². The largest absolute Gasteiger partial charge is 0.416 e. The van der Waals surface area contributed by atoms with Gasteiger partial charge in [0.25, 0.3) is 0 Å². The van der Waals surface area contributed by atoms with Crippen molar-refractivity contribution in [3.8, 4) is 0 Å². The van der Waals surface area contributed by atoms with E-state index in [4.69, 9.17) is 11.6 Å². The molecule has 2 rings (SSSR count). The number of para-hydroxylation sites is 1. The Morgan fingerprint density at radius 1 is 1.12 bits per heavy atom. The summed E-state index contributed by atoms with van der Waals surface area (Å²) in [6, 6.07) is 10.4. The van der Waals surface area contributed by atoms with Crippen LogP contribution in [-0.4, -0.2) is 12.5 Å². The van der Waals surface area contributed by atoms with Crippen LogP contribution in [0.1, 0.15) is 18.1 Å². The molecule has 0 unspecified atom stereocenters. The van der Waals surface area contributed by atoms with Gasteiger partial charge >= 0.3 is 6.18 Å². The number of benzene rings is 2. The fourth-order valence-corrected chi connectivity index (χ4v) is 2.40. The van der Waals surface area contributed by atoms with Crippen LogP contribution in [0.2, 0.25) is 5.02 Å². The normalized spacial score (nSPS) is 11.2. The number of hydrogen-bond acceptors (Lipinski definition) is 2. The van der Waals surface area contributed by atoms with Crippen molar-refractivity contribution in [3.63, 3.8) is 0 Å². The summed E-state index contributed by atoms with van der Waals surface area (Å²) in [6.07, 6.45) is -3.68. The van der Waals surface area contributed by atoms with E-state index in [-0.39, 0.29) is 23.2 Å². The van der Waals surface area contributed by atoms with Crippen LogP contribution in [0.15, 0.2) is 42.5 Å². The molecule has 3 nitrogen and oxygen atoms in total. The van der Waals surface area contributed by atoms with E-state index in [1.807, 2.05) is 25.1 Å². The van der Waals surface area contributed by atoms with Crippen LogP contribution >= 0.6 is 11.6 Å². The highest BCUT2D eigenvalue weighted by Crippen LogP contribution is 2.33. The van der Waals surface area contributed by atoms with Gasteiger partial charge in [0, 0.05) is 5.69 Å². The molecule has 24 heavy (non-hydrogen) atoms. The highest BCUT2D eigenvalue weighted by Gasteiger charge is 2.30. The second-order valence-electron chi connectivity index (χ2n) is 5.10. The summed E-state index contributed by atoms with van der Waals surface area (Å²) in [6.45, 7) is 1.87. The summed E-state index contributed by atoms with van der Waals surface area (Å²) in [5, 5.41) is 5.41. The van der Waals surface area contributed by atoms with Crippen LogP contribution in [0.25, 0.3) is 0 Å². The lowest BCUT2D eigenvalue weighted by atomic mass is 10.1. The number of carbonyl (C=O) groups excluding carboxylic acids is 1. The van der Waals surface area contributed by atoms with Crippen molar-refractivity contribution in [2.24, 2.45) is 0 Å². The molecule has 2 aromatic carbocycles. The van der Waals surface area contributed by atoms with E-state index < -0.39 is 11.7 Å². The third-order valence-electron chi connectivity index (χ3n) is 3.41. The lowest BCUT2D eigenvalue weighted by Gasteiger charge is -2.13. The minimum Gasteiger partial charge on any atom is -0.375 e. The molecule has 0 saturated carbocycles. The average Bonchev–Trinajstić information content (AvgIpc) is 2.53. The molecular formula is C17H16ClF3N2O. The topological polar surface area (TPSA) is 41.1 Å². The quantitative estimate of drug-likeness (QED) is 0.794. The Labute approximate surface area is 142 Å². The van der Waals surface area contributed by atoms with Gasteiger partial charge < -0.3 is 10.6 Å². The zero-order chi connectivity index (χ0) is 17.7. The maximum Gasteiger partial charge on any atom is 0.416 e. The number of alkyl halides is 3. The summed E-state index contributed by atoms with van der Waals surface area (Å²) < 4.78 is 37.8. The first kappa shape index (κ1) is 18.1. The molecule has 0 bridgehead atoms. The molecule has 2 N–H and O–H groups in total. The lowest BCUT2D eigenvalue weighted by Crippen LogP contribution is -2.22. The highest BCUT2D eigenvalue weighted by atomic mass is 35.5. The molecule has 128 valence electrons. The van der Waals surface area contributed by atoms with E-state index in [1.54, 1.807) is 6.07 Å². The van der Waals surface area contributed by atoms with Crippen LogP contribution in [0.3, 0.4) is 0 Å². The van der Waals surface area contributed by atoms with Gasteiger partial charge in [0.1, 0.15) is 0 Å². The van der Waals surface area contributed by atoms with E-state index in [9.17, 15) is 18.0 Å². The van der Waals surface area contributed by atoms with Crippen LogP contribution in [0, 0.1) is 0 Å². The first-order valence-electron chi connectivity index (χ1n) is 7.29. The molecule has 0 saturated heterocycles. The Bertz CT molecular complexity index is 732. The van der Waals surface area contributed by atoms with Crippen LogP contribution < -0.4 is 10.6 Å². The number of halogens is 4. The Kier molecular flexibility index (Phi) is 5.72. The predicted molar refractivity (Wildman–Crippen MR) is 89.4 cm³/mol. The summed E-state index contributed by atoms with van der Waals surface area (Å²) in [5.74, 6) is -0.313. The number of carbonyl (C=O) groups is 1. The fourth-order valence-electron chi connectivity index (χ4n) is 2.16. The van der Waals surface area contributed by atoms with Gasteiger partial charge in [0.15, 0.2) is 0 Å².